The molecule has 0 radical (unpaired) electrons. The molecule has 0 aliphatic carbocycles. The topological polar surface area (TPSA) is 12.0 Å². The first-order chi connectivity index (χ1) is 6.97. The van der Waals surface area contributed by atoms with Gasteiger partial charge in [0.1, 0.15) is 0 Å². The number of thiophene rings is 1. The van der Waals surface area contributed by atoms with E-state index in [1.54, 1.807) is 0 Å². The van der Waals surface area contributed by atoms with Crippen molar-refractivity contribution in [3.63, 3.8) is 0 Å². The summed E-state index contributed by atoms with van der Waals surface area (Å²) in [5.74, 6) is 1.35. The van der Waals surface area contributed by atoms with Gasteiger partial charge in [-0.25, -0.2) is 0 Å². The lowest BCUT2D eigenvalue weighted by Gasteiger charge is -2.25. The molecule has 1 nitrogen and oxygen atoms in total. The first-order valence-corrected chi connectivity index (χ1v) is 7.01. The summed E-state index contributed by atoms with van der Waals surface area (Å²) in [4.78, 5) is 1.43. The van der Waals surface area contributed by atoms with E-state index < -0.39 is 0 Å². The quantitative estimate of drug-likeness (QED) is 0.868. The Kier molecular flexibility index (Phi) is 4.81. The van der Waals surface area contributed by atoms with E-state index in [4.69, 9.17) is 0 Å². The fourth-order valence-corrected chi connectivity index (χ4v) is 3.48. The van der Waals surface area contributed by atoms with Crippen molar-refractivity contribution in [1.82, 2.24) is 5.32 Å². The first-order valence-electron chi connectivity index (χ1n) is 5.40. The van der Waals surface area contributed by atoms with Crippen LogP contribution in [-0.4, -0.2) is 7.05 Å². The second kappa shape index (κ2) is 5.46. The summed E-state index contributed by atoms with van der Waals surface area (Å²) in [5, 5.41) is 3.43. The maximum atomic E-state index is 3.59. The van der Waals surface area contributed by atoms with Crippen molar-refractivity contribution in [3.05, 3.63) is 20.3 Å². The summed E-state index contributed by atoms with van der Waals surface area (Å²) in [6, 6.07) is 2.76. The summed E-state index contributed by atoms with van der Waals surface area (Å²) >= 11 is 5.44. The normalized spacial score (nSPS) is 15.7. The van der Waals surface area contributed by atoms with Crippen molar-refractivity contribution in [3.8, 4) is 0 Å². The Morgan fingerprint density at radius 2 is 1.93 bits per heavy atom. The SMILES string of the molecule is CNC(c1cc(C)c(Br)s1)C(C)C(C)C. The summed E-state index contributed by atoms with van der Waals surface area (Å²) < 4.78 is 1.26. The number of aryl methyl sites for hydroxylation is 1. The minimum absolute atomic E-state index is 0.472. The van der Waals surface area contributed by atoms with E-state index in [0.29, 0.717) is 17.9 Å². The Morgan fingerprint density at radius 1 is 1.33 bits per heavy atom. The molecule has 1 aromatic heterocycles. The zero-order chi connectivity index (χ0) is 11.6. The van der Waals surface area contributed by atoms with Gasteiger partial charge >= 0.3 is 0 Å². The number of hydrogen-bond acceptors (Lipinski definition) is 2. The minimum atomic E-state index is 0.472. The molecular formula is C12H20BrNS. The molecule has 2 unspecified atom stereocenters. The van der Waals surface area contributed by atoms with Gasteiger partial charge in [0.05, 0.1) is 3.79 Å². The van der Waals surface area contributed by atoms with E-state index in [-0.39, 0.29) is 0 Å². The van der Waals surface area contributed by atoms with Gasteiger partial charge in [-0.15, -0.1) is 11.3 Å². The Labute approximate surface area is 105 Å². The molecule has 0 aliphatic heterocycles. The van der Waals surface area contributed by atoms with Gasteiger partial charge in [0, 0.05) is 10.9 Å². The lowest BCUT2D eigenvalue weighted by molar-refractivity contribution is 0.320. The molecule has 15 heavy (non-hydrogen) atoms. The number of rotatable bonds is 4. The molecule has 1 N–H and O–H groups in total. The summed E-state index contributed by atoms with van der Waals surface area (Å²) in [5.41, 5.74) is 1.34. The highest BCUT2D eigenvalue weighted by atomic mass is 79.9. The highest BCUT2D eigenvalue weighted by molar-refractivity contribution is 9.11. The van der Waals surface area contributed by atoms with E-state index >= 15 is 0 Å². The predicted molar refractivity (Wildman–Crippen MR) is 72.6 cm³/mol. The van der Waals surface area contributed by atoms with Crippen molar-refractivity contribution in [2.45, 2.75) is 33.7 Å². The molecule has 0 aromatic carbocycles. The summed E-state index contributed by atoms with van der Waals surface area (Å²) in [6.45, 7) is 9.03. The number of halogens is 1. The largest absolute Gasteiger partial charge is 0.312 e. The van der Waals surface area contributed by atoms with Crippen LogP contribution in [0.4, 0.5) is 0 Å². The average molecular weight is 290 g/mol. The molecule has 3 heteroatoms. The van der Waals surface area contributed by atoms with Crippen molar-refractivity contribution >= 4 is 27.3 Å². The van der Waals surface area contributed by atoms with Crippen LogP contribution in [0.5, 0.6) is 0 Å². The lowest BCUT2D eigenvalue weighted by Crippen LogP contribution is -2.25. The summed E-state index contributed by atoms with van der Waals surface area (Å²) in [6.07, 6.45) is 0. The highest BCUT2D eigenvalue weighted by Gasteiger charge is 2.22. The molecule has 86 valence electrons. The standard InChI is InChI=1S/C12H20BrNS/c1-7(2)9(4)11(14-5)10-6-8(3)12(13)15-10/h6-7,9,11,14H,1-5H3. The van der Waals surface area contributed by atoms with Gasteiger partial charge < -0.3 is 5.32 Å². The monoisotopic (exact) mass is 289 g/mol. The molecule has 0 fully saturated rings. The zero-order valence-electron chi connectivity index (χ0n) is 10.1. The number of nitrogens with one attached hydrogen (secondary N) is 1. The van der Waals surface area contributed by atoms with Crippen LogP contribution in [0.3, 0.4) is 0 Å². The molecule has 1 rings (SSSR count). The fraction of sp³-hybridized carbons (Fsp3) is 0.667. The maximum Gasteiger partial charge on any atom is 0.0731 e. The van der Waals surface area contributed by atoms with Gasteiger partial charge in [0.2, 0.25) is 0 Å². The lowest BCUT2D eigenvalue weighted by atomic mass is 9.89. The van der Waals surface area contributed by atoms with Crippen LogP contribution >= 0.6 is 27.3 Å². The predicted octanol–water partition coefficient (Wildman–Crippen LogP) is 4.37. The molecule has 0 aliphatic rings. The second-order valence-corrected chi connectivity index (χ2v) is 6.88. The van der Waals surface area contributed by atoms with E-state index in [1.165, 1.54) is 14.2 Å². The smallest absolute Gasteiger partial charge is 0.0731 e. The molecule has 1 heterocycles. The van der Waals surface area contributed by atoms with Gasteiger partial charge in [-0.05, 0) is 53.4 Å². The Balaban J connectivity index is 2.92. The first kappa shape index (κ1) is 13.2. The van der Waals surface area contributed by atoms with Crippen LogP contribution in [0.25, 0.3) is 0 Å². The maximum absolute atomic E-state index is 3.59. The highest BCUT2D eigenvalue weighted by Crippen LogP contribution is 2.36. The minimum Gasteiger partial charge on any atom is -0.312 e. The summed E-state index contributed by atoms with van der Waals surface area (Å²) in [7, 11) is 2.05. The molecule has 0 bridgehead atoms. The number of hydrogen-bond donors (Lipinski definition) is 1. The third-order valence-corrected chi connectivity index (χ3v) is 5.29. The molecule has 2 atom stereocenters. The van der Waals surface area contributed by atoms with E-state index in [1.807, 2.05) is 18.4 Å². The van der Waals surface area contributed by atoms with E-state index in [9.17, 15) is 0 Å². The van der Waals surface area contributed by atoms with Gasteiger partial charge in [-0.2, -0.15) is 0 Å². The van der Waals surface area contributed by atoms with Gasteiger partial charge in [-0.1, -0.05) is 20.8 Å². The zero-order valence-corrected chi connectivity index (χ0v) is 12.5. The van der Waals surface area contributed by atoms with Crippen LogP contribution in [0.1, 0.15) is 37.3 Å². The molecular weight excluding hydrogens is 270 g/mol. The van der Waals surface area contributed by atoms with Crippen LogP contribution in [-0.2, 0) is 0 Å². The molecule has 0 saturated carbocycles. The Morgan fingerprint density at radius 3 is 2.27 bits per heavy atom. The van der Waals surface area contributed by atoms with Crippen molar-refractivity contribution < 1.29 is 0 Å². The average Bonchev–Trinajstić information content (AvgIpc) is 2.47. The van der Waals surface area contributed by atoms with Crippen LogP contribution < -0.4 is 5.32 Å². The van der Waals surface area contributed by atoms with Crippen molar-refractivity contribution in [2.24, 2.45) is 11.8 Å². The molecule has 1 aromatic rings. The Hall–Kier alpha value is 0.140. The van der Waals surface area contributed by atoms with E-state index in [0.717, 1.165) is 0 Å². The third-order valence-electron chi connectivity index (χ3n) is 3.07. The van der Waals surface area contributed by atoms with Crippen LogP contribution in [0.2, 0.25) is 0 Å². The molecule has 0 amide bonds. The van der Waals surface area contributed by atoms with Gasteiger partial charge in [0.15, 0.2) is 0 Å². The van der Waals surface area contributed by atoms with Crippen LogP contribution in [0, 0.1) is 18.8 Å². The fourth-order valence-electron chi connectivity index (χ4n) is 1.69. The second-order valence-electron chi connectivity index (χ2n) is 4.47. The van der Waals surface area contributed by atoms with Gasteiger partial charge in [-0.3, -0.25) is 0 Å². The molecule has 0 saturated heterocycles. The van der Waals surface area contributed by atoms with E-state index in [2.05, 4.69) is 55.0 Å². The van der Waals surface area contributed by atoms with Gasteiger partial charge in [0.25, 0.3) is 0 Å². The Bertz CT molecular complexity index is 300. The van der Waals surface area contributed by atoms with Crippen molar-refractivity contribution in [2.75, 3.05) is 7.05 Å². The van der Waals surface area contributed by atoms with Crippen LogP contribution in [0.15, 0.2) is 9.85 Å². The van der Waals surface area contributed by atoms with Crippen molar-refractivity contribution in [1.29, 1.82) is 0 Å². The molecule has 0 spiro atoms. The third kappa shape index (κ3) is 3.05.